The summed E-state index contributed by atoms with van der Waals surface area (Å²) < 4.78 is 1.59. The molecule has 0 bridgehead atoms. The van der Waals surface area contributed by atoms with Gasteiger partial charge in [0.05, 0.1) is 11.2 Å². The van der Waals surface area contributed by atoms with Gasteiger partial charge < -0.3 is 10.6 Å². The van der Waals surface area contributed by atoms with Crippen LogP contribution in [0, 0.1) is 6.92 Å². The van der Waals surface area contributed by atoms with Crippen LogP contribution in [0.3, 0.4) is 0 Å². The van der Waals surface area contributed by atoms with Crippen LogP contribution in [0.5, 0.6) is 0 Å². The molecule has 2 heterocycles. The van der Waals surface area contributed by atoms with Gasteiger partial charge in [-0.25, -0.2) is 4.68 Å². The van der Waals surface area contributed by atoms with E-state index in [2.05, 4.69) is 26.2 Å². The predicted octanol–water partition coefficient (Wildman–Crippen LogP) is 1.86. The maximum absolute atomic E-state index is 12.6. The molecule has 1 aliphatic rings. The zero-order valence-electron chi connectivity index (χ0n) is 13.2. The van der Waals surface area contributed by atoms with Gasteiger partial charge >= 0.3 is 0 Å². The highest BCUT2D eigenvalue weighted by atomic mass is 35.5. The Balaban J connectivity index is 0.00000192. The molecule has 0 saturated carbocycles. The van der Waals surface area contributed by atoms with Crippen molar-refractivity contribution in [3.05, 3.63) is 30.1 Å². The van der Waals surface area contributed by atoms with Crippen LogP contribution in [-0.2, 0) is 4.79 Å². The fraction of sp³-hybridized carbons (Fsp3) is 0.467. The minimum Gasteiger partial charge on any atom is -0.324 e. The molecule has 1 saturated heterocycles. The zero-order chi connectivity index (χ0) is 15.6. The van der Waals surface area contributed by atoms with Crippen LogP contribution in [0.1, 0.15) is 31.7 Å². The van der Waals surface area contributed by atoms with Gasteiger partial charge in [-0.15, -0.1) is 17.5 Å². The third-order valence-corrected chi connectivity index (χ3v) is 4.34. The zero-order valence-corrected chi connectivity index (χ0v) is 14.1. The van der Waals surface area contributed by atoms with Crippen molar-refractivity contribution in [3.8, 4) is 5.69 Å². The summed E-state index contributed by atoms with van der Waals surface area (Å²) >= 11 is 0. The number of aromatic nitrogens is 4. The second kappa shape index (κ2) is 7.06. The lowest BCUT2D eigenvalue weighted by atomic mass is 9.93. The van der Waals surface area contributed by atoms with Gasteiger partial charge in [-0.2, -0.15) is 0 Å². The maximum atomic E-state index is 12.6. The smallest absolute Gasteiger partial charge is 0.244 e. The van der Waals surface area contributed by atoms with E-state index in [-0.39, 0.29) is 18.3 Å². The van der Waals surface area contributed by atoms with Crippen LogP contribution in [0.25, 0.3) is 5.69 Å². The van der Waals surface area contributed by atoms with Crippen molar-refractivity contribution in [1.82, 2.24) is 25.5 Å². The van der Waals surface area contributed by atoms with Crippen molar-refractivity contribution in [2.24, 2.45) is 0 Å². The molecule has 2 aromatic rings. The van der Waals surface area contributed by atoms with Crippen LogP contribution in [0.2, 0.25) is 0 Å². The monoisotopic (exact) mass is 336 g/mol. The largest absolute Gasteiger partial charge is 0.324 e. The van der Waals surface area contributed by atoms with Crippen molar-refractivity contribution < 1.29 is 4.79 Å². The maximum Gasteiger partial charge on any atom is 0.244 e. The molecule has 1 aromatic carbocycles. The van der Waals surface area contributed by atoms with Crippen LogP contribution < -0.4 is 10.6 Å². The number of nitrogens with zero attached hydrogens (tertiary/aromatic N) is 4. The Kier molecular flexibility index (Phi) is 5.33. The van der Waals surface area contributed by atoms with E-state index >= 15 is 0 Å². The predicted molar refractivity (Wildman–Crippen MR) is 90.0 cm³/mol. The number of nitrogens with one attached hydrogen (secondary N) is 2. The van der Waals surface area contributed by atoms with Crippen molar-refractivity contribution in [2.75, 3.05) is 11.9 Å². The number of benzene rings is 1. The summed E-state index contributed by atoms with van der Waals surface area (Å²) in [5.74, 6) is 0.0269. The summed E-state index contributed by atoms with van der Waals surface area (Å²) in [6.07, 6.45) is 4.23. The molecule has 1 fully saturated rings. The van der Waals surface area contributed by atoms with Crippen molar-refractivity contribution >= 4 is 24.0 Å². The Labute approximate surface area is 141 Å². The first-order valence-electron chi connectivity index (χ1n) is 7.55. The summed E-state index contributed by atoms with van der Waals surface area (Å²) in [6, 6.07) is 5.74. The Morgan fingerprint density at radius 1 is 1.48 bits per heavy atom. The van der Waals surface area contributed by atoms with Gasteiger partial charge in [0, 0.05) is 5.69 Å². The van der Waals surface area contributed by atoms with E-state index in [1.807, 2.05) is 32.0 Å². The normalized spacial score (nSPS) is 20.1. The number of amides is 1. The SMILES string of the molecule is CCC1(C(=O)Nc2ccc(C)c(-n3cnnn3)c2)CCCN1.Cl. The lowest BCUT2D eigenvalue weighted by Crippen LogP contribution is -2.50. The van der Waals surface area contributed by atoms with Crippen LogP contribution in [0.15, 0.2) is 24.5 Å². The van der Waals surface area contributed by atoms with E-state index in [1.165, 1.54) is 0 Å². The summed E-state index contributed by atoms with van der Waals surface area (Å²) in [4.78, 5) is 12.6. The number of aryl methyl sites for hydroxylation is 1. The van der Waals surface area contributed by atoms with E-state index in [0.29, 0.717) is 0 Å². The van der Waals surface area contributed by atoms with Gasteiger partial charge in [0.25, 0.3) is 0 Å². The summed E-state index contributed by atoms with van der Waals surface area (Å²) in [5, 5.41) is 17.6. The molecule has 0 aliphatic carbocycles. The highest BCUT2D eigenvalue weighted by Crippen LogP contribution is 2.26. The standard InChI is InChI=1S/C15H20N6O.ClH/c1-3-15(7-4-8-16-15)14(22)18-12-6-5-11(2)13(9-12)21-10-17-19-20-21;/h5-6,9-10,16H,3-4,7-8H2,1-2H3,(H,18,22);1H. The minimum atomic E-state index is -0.445. The molecule has 7 nitrogen and oxygen atoms in total. The van der Waals surface area contributed by atoms with Gasteiger partial charge in [-0.05, 0) is 60.9 Å². The molecule has 0 radical (unpaired) electrons. The Morgan fingerprint density at radius 2 is 2.30 bits per heavy atom. The van der Waals surface area contributed by atoms with E-state index < -0.39 is 5.54 Å². The van der Waals surface area contributed by atoms with Crippen LogP contribution >= 0.6 is 12.4 Å². The van der Waals surface area contributed by atoms with Crippen molar-refractivity contribution in [3.63, 3.8) is 0 Å². The highest BCUT2D eigenvalue weighted by Gasteiger charge is 2.39. The molecular formula is C15H21ClN6O. The van der Waals surface area contributed by atoms with Gasteiger partial charge in [0.15, 0.2) is 0 Å². The summed E-state index contributed by atoms with van der Waals surface area (Å²) in [6.45, 7) is 4.92. The Morgan fingerprint density at radius 3 is 2.91 bits per heavy atom. The molecule has 1 atom stereocenters. The lowest BCUT2D eigenvalue weighted by molar-refractivity contribution is -0.122. The second-order valence-electron chi connectivity index (χ2n) is 5.68. The molecular weight excluding hydrogens is 316 g/mol. The quantitative estimate of drug-likeness (QED) is 0.890. The number of tetrazole rings is 1. The van der Waals surface area contributed by atoms with Crippen LogP contribution in [-0.4, -0.2) is 38.2 Å². The number of carbonyl (C=O) groups is 1. The average molecular weight is 337 g/mol. The van der Waals surface area contributed by atoms with E-state index in [9.17, 15) is 4.79 Å². The van der Waals surface area contributed by atoms with Gasteiger partial charge in [-0.3, -0.25) is 4.79 Å². The van der Waals surface area contributed by atoms with Gasteiger partial charge in [0.2, 0.25) is 5.91 Å². The van der Waals surface area contributed by atoms with E-state index in [1.54, 1.807) is 11.0 Å². The molecule has 0 spiro atoms. The number of hydrogen-bond acceptors (Lipinski definition) is 5. The molecule has 2 N–H and O–H groups in total. The Bertz CT molecular complexity index is 667. The molecule has 3 rings (SSSR count). The number of anilines is 1. The van der Waals surface area contributed by atoms with Crippen molar-refractivity contribution in [2.45, 2.75) is 38.6 Å². The topological polar surface area (TPSA) is 84.7 Å². The second-order valence-corrected chi connectivity index (χ2v) is 5.68. The summed E-state index contributed by atoms with van der Waals surface area (Å²) in [7, 11) is 0. The van der Waals surface area contributed by atoms with Gasteiger partial charge in [-0.1, -0.05) is 13.0 Å². The summed E-state index contributed by atoms with van der Waals surface area (Å²) in [5.41, 5.74) is 2.20. The minimum absolute atomic E-state index is 0. The molecule has 1 aromatic heterocycles. The van der Waals surface area contributed by atoms with Crippen LogP contribution in [0.4, 0.5) is 5.69 Å². The first kappa shape index (κ1) is 17.4. The molecule has 1 unspecified atom stereocenters. The number of rotatable bonds is 4. The molecule has 1 aliphatic heterocycles. The fourth-order valence-electron chi connectivity index (χ4n) is 2.92. The Hall–Kier alpha value is -1.99. The molecule has 23 heavy (non-hydrogen) atoms. The van der Waals surface area contributed by atoms with E-state index in [0.717, 1.165) is 42.7 Å². The molecule has 1 amide bonds. The first-order chi connectivity index (χ1) is 10.6. The third-order valence-electron chi connectivity index (χ3n) is 4.34. The fourth-order valence-corrected chi connectivity index (χ4v) is 2.92. The molecule has 8 heteroatoms. The number of halogens is 1. The first-order valence-corrected chi connectivity index (χ1v) is 7.55. The van der Waals surface area contributed by atoms with Crippen molar-refractivity contribution in [1.29, 1.82) is 0 Å². The average Bonchev–Trinajstić information content (AvgIpc) is 3.21. The lowest BCUT2D eigenvalue weighted by Gasteiger charge is -2.26. The number of hydrogen-bond donors (Lipinski definition) is 2. The highest BCUT2D eigenvalue weighted by molar-refractivity contribution is 5.98. The number of carbonyl (C=O) groups excluding carboxylic acids is 1. The molecule has 124 valence electrons. The third kappa shape index (κ3) is 3.35. The van der Waals surface area contributed by atoms with Gasteiger partial charge in [0.1, 0.15) is 6.33 Å². The van der Waals surface area contributed by atoms with E-state index in [4.69, 9.17) is 0 Å².